The number of hydrogen-bond acceptors (Lipinski definition) is 6. The predicted octanol–water partition coefficient (Wildman–Crippen LogP) is 3.83. The van der Waals surface area contributed by atoms with Crippen molar-refractivity contribution in [3.05, 3.63) is 67.8 Å². The molecule has 2 rings (SSSR count). The third kappa shape index (κ3) is 3.90. The van der Waals surface area contributed by atoms with Crippen molar-refractivity contribution in [2.24, 2.45) is 0 Å². The number of rotatable bonds is 7. The van der Waals surface area contributed by atoms with Crippen molar-refractivity contribution in [2.45, 2.75) is 12.5 Å². The van der Waals surface area contributed by atoms with Crippen LogP contribution in [0.3, 0.4) is 0 Å². The third-order valence-corrected chi connectivity index (χ3v) is 3.52. The highest BCUT2D eigenvalue weighted by atomic mass is 35.5. The van der Waals surface area contributed by atoms with E-state index in [1.54, 1.807) is 24.3 Å². The fourth-order valence-corrected chi connectivity index (χ4v) is 2.36. The van der Waals surface area contributed by atoms with Gasteiger partial charge in [-0.2, -0.15) is 0 Å². The maximum atomic E-state index is 11.1. The van der Waals surface area contributed by atoms with Gasteiger partial charge in [-0.25, -0.2) is 0 Å². The first-order valence-electron chi connectivity index (χ1n) is 6.73. The summed E-state index contributed by atoms with van der Waals surface area (Å²) < 4.78 is 10.5. The fourth-order valence-electron chi connectivity index (χ4n) is 2.08. The van der Waals surface area contributed by atoms with E-state index in [1.807, 2.05) is 0 Å². The second kappa shape index (κ2) is 7.60. The molecule has 0 unspecified atom stereocenters. The molecule has 0 fully saturated rings. The highest BCUT2D eigenvalue weighted by Crippen LogP contribution is 2.32. The lowest BCUT2D eigenvalue weighted by molar-refractivity contribution is -0.395. The van der Waals surface area contributed by atoms with Gasteiger partial charge in [0.1, 0.15) is 23.7 Å². The Balaban J connectivity index is 2.29. The van der Waals surface area contributed by atoms with Crippen molar-refractivity contribution in [2.75, 3.05) is 7.11 Å². The molecule has 0 amide bonds. The molecule has 0 N–H and O–H groups in total. The summed E-state index contributed by atoms with van der Waals surface area (Å²) in [7, 11) is 1.53. The molecule has 0 saturated heterocycles. The van der Waals surface area contributed by atoms with Gasteiger partial charge in [0, 0.05) is 17.7 Å². The van der Waals surface area contributed by atoms with Gasteiger partial charge in [0.05, 0.1) is 22.8 Å². The molecule has 8 nitrogen and oxygen atoms in total. The van der Waals surface area contributed by atoms with Gasteiger partial charge in [-0.15, -0.1) is 11.6 Å². The number of ether oxygens (including phenoxy) is 2. The molecule has 2 aromatic carbocycles. The molecule has 126 valence electrons. The van der Waals surface area contributed by atoms with Crippen molar-refractivity contribution in [1.29, 1.82) is 0 Å². The molecule has 0 bridgehead atoms. The summed E-state index contributed by atoms with van der Waals surface area (Å²) in [5.74, 6) is 0.828. The highest BCUT2D eigenvalue weighted by Gasteiger charge is 2.25. The van der Waals surface area contributed by atoms with Crippen molar-refractivity contribution in [3.63, 3.8) is 0 Å². The quantitative estimate of drug-likeness (QED) is 0.426. The zero-order valence-corrected chi connectivity index (χ0v) is 13.4. The first-order valence-corrected chi connectivity index (χ1v) is 7.27. The Hall–Kier alpha value is -2.87. The second-order valence-corrected chi connectivity index (χ2v) is 4.99. The molecule has 24 heavy (non-hydrogen) atoms. The van der Waals surface area contributed by atoms with E-state index >= 15 is 0 Å². The Morgan fingerprint density at radius 2 is 1.50 bits per heavy atom. The maximum absolute atomic E-state index is 11.1. The number of benzene rings is 2. The van der Waals surface area contributed by atoms with Gasteiger partial charge in [-0.1, -0.05) is 0 Å². The number of alkyl halides is 1. The molecule has 0 aromatic heterocycles. The van der Waals surface area contributed by atoms with Crippen LogP contribution in [-0.4, -0.2) is 17.0 Å². The smallest absolute Gasteiger partial charge is 0.281 e. The van der Waals surface area contributed by atoms with Crippen molar-refractivity contribution < 1.29 is 19.3 Å². The fraction of sp³-hybridized carbons (Fsp3) is 0.200. The van der Waals surface area contributed by atoms with Crippen molar-refractivity contribution >= 4 is 23.0 Å². The van der Waals surface area contributed by atoms with Crippen LogP contribution in [0.25, 0.3) is 0 Å². The molecular weight excluding hydrogens is 340 g/mol. The zero-order valence-electron chi connectivity index (χ0n) is 12.6. The lowest BCUT2D eigenvalue weighted by Gasteiger charge is -2.08. The Bertz CT molecular complexity index is 728. The van der Waals surface area contributed by atoms with Gasteiger partial charge in [-0.05, 0) is 24.3 Å². The SMILES string of the molecule is COc1ccc(OCc2cc([N+](=O)[O-])c(CCl)c([N+](=O)[O-])c2)cc1. The topological polar surface area (TPSA) is 105 Å². The van der Waals surface area contributed by atoms with E-state index in [9.17, 15) is 20.2 Å². The standard InChI is InChI=1S/C15H13ClN2O6/c1-23-11-2-4-12(5-3-11)24-9-10-6-14(17(19)20)13(8-16)15(7-10)18(21)22/h2-7H,8-9H2,1H3. The minimum atomic E-state index is -0.693. The molecule has 0 aliphatic rings. The van der Waals surface area contributed by atoms with Gasteiger partial charge >= 0.3 is 0 Å². The van der Waals surface area contributed by atoms with Crippen LogP contribution in [0.1, 0.15) is 11.1 Å². The average molecular weight is 353 g/mol. The van der Waals surface area contributed by atoms with Crippen LogP contribution in [0.15, 0.2) is 36.4 Å². The average Bonchev–Trinajstić information content (AvgIpc) is 2.59. The summed E-state index contributed by atoms with van der Waals surface area (Å²) in [4.78, 5) is 20.9. The molecule has 0 atom stereocenters. The summed E-state index contributed by atoms with van der Waals surface area (Å²) in [6, 6.07) is 9.17. The first-order chi connectivity index (χ1) is 11.5. The number of nitro benzene ring substituents is 2. The Labute approximate surface area is 141 Å². The second-order valence-electron chi connectivity index (χ2n) is 4.72. The van der Waals surface area contributed by atoms with E-state index in [0.717, 1.165) is 0 Å². The number of nitro groups is 2. The third-order valence-electron chi connectivity index (χ3n) is 3.25. The molecule has 0 radical (unpaired) electrons. The Morgan fingerprint density at radius 3 is 1.92 bits per heavy atom. The lowest BCUT2D eigenvalue weighted by atomic mass is 10.1. The largest absolute Gasteiger partial charge is 0.497 e. The normalized spacial score (nSPS) is 10.2. The minimum absolute atomic E-state index is 0.0590. The van der Waals surface area contributed by atoms with Gasteiger partial charge < -0.3 is 9.47 Å². The van der Waals surface area contributed by atoms with Crippen LogP contribution < -0.4 is 9.47 Å². The highest BCUT2D eigenvalue weighted by molar-refractivity contribution is 6.17. The van der Waals surface area contributed by atoms with E-state index in [4.69, 9.17) is 21.1 Å². The van der Waals surface area contributed by atoms with E-state index in [0.29, 0.717) is 17.1 Å². The molecule has 0 spiro atoms. The van der Waals surface area contributed by atoms with E-state index in [2.05, 4.69) is 0 Å². The Kier molecular flexibility index (Phi) is 5.54. The van der Waals surface area contributed by atoms with Gasteiger partial charge in [0.25, 0.3) is 11.4 Å². The van der Waals surface area contributed by atoms with Crippen LogP contribution in [0.4, 0.5) is 11.4 Å². The monoisotopic (exact) mass is 352 g/mol. The molecule has 0 aliphatic carbocycles. The van der Waals surface area contributed by atoms with Crippen LogP contribution >= 0.6 is 11.6 Å². The molecule has 2 aromatic rings. The predicted molar refractivity (Wildman–Crippen MR) is 86.6 cm³/mol. The molecule has 0 aliphatic heterocycles. The molecular formula is C15H13ClN2O6. The number of hydrogen-bond donors (Lipinski definition) is 0. The van der Waals surface area contributed by atoms with Crippen molar-refractivity contribution in [1.82, 2.24) is 0 Å². The lowest BCUT2D eigenvalue weighted by Crippen LogP contribution is -2.03. The first kappa shape index (κ1) is 17.5. The van der Waals surface area contributed by atoms with Crippen molar-refractivity contribution in [3.8, 4) is 11.5 Å². The van der Waals surface area contributed by atoms with Crippen LogP contribution in [0.2, 0.25) is 0 Å². The molecule has 9 heteroatoms. The maximum Gasteiger partial charge on any atom is 0.281 e. The molecule has 0 heterocycles. The van der Waals surface area contributed by atoms with Crippen LogP contribution in [0.5, 0.6) is 11.5 Å². The summed E-state index contributed by atoms with van der Waals surface area (Å²) >= 11 is 5.63. The van der Waals surface area contributed by atoms with Crippen LogP contribution in [0, 0.1) is 20.2 Å². The van der Waals surface area contributed by atoms with Gasteiger partial charge in [0.2, 0.25) is 0 Å². The number of nitrogens with zero attached hydrogens (tertiary/aromatic N) is 2. The number of methoxy groups -OCH3 is 1. The summed E-state index contributed by atoms with van der Waals surface area (Å²) in [5.41, 5.74) is -0.613. The summed E-state index contributed by atoms with van der Waals surface area (Å²) in [6.45, 7) is -0.0590. The Morgan fingerprint density at radius 1 is 1.00 bits per heavy atom. The molecule has 0 saturated carbocycles. The number of halogens is 1. The summed E-state index contributed by atoms with van der Waals surface area (Å²) in [5, 5.41) is 22.2. The van der Waals surface area contributed by atoms with Gasteiger partial charge in [-0.3, -0.25) is 20.2 Å². The zero-order chi connectivity index (χ0) is 17.7. The van der Waals surface area contributed by atoms with Gasteiger partial charge in [0.15, 0.2) is 0 Å². The van der Waals surface area contributed by atoms with E-state index in [1.165, 1.54) is 19.2 Å². The summed E-state index contributed by atoms with van der Waals surface area (Å²) in [6.07, 6.45) is 0. The van der Waals surface area contributed by atoms with Crippen LogP contribution in [-0.2, 0) is 12.5 Å². The minimum Gasteiger partial charge on any atom is -0.497 e. The van der Waals surface area contributed by atoms with E-state index < -0.39 is 21.2 Å². The van der Waals surface area contributed by atoms with E-state index in [-0.39, 0.29) is 18.1 Å².